The zero-order valence-electron chi connectivity index (χ0n) is 17.4. The van der Waals surface area contributed by atoms with Gasteiger partial charge in [-0.1, -0.05) is 23.2 Å². The average Bonchev–Trinajstić information content (AvgIpc) is 3.26. The molecule has 0 saturated heterocycles. The molecule has 33 heavy (non-hydrogen) atoms. The van der Waals surface area contributed by atoms with Gasteiger partial charge in [0.25, 0.3) is 0 Å². The average molecular weight is 488 g/mol. The third-order valence-corrected chi connectivity index (χ3v) is 4.95. The van der Waals surface area contributed by atoms with Crippen LogP contribution in [-0.2, 0) is 20.9 Å². The molecule has 0 fully saturated rings. The van der Waals surface area contributed by atoms with Crippen molar-refractivity contribution in [2.75, 3.05) is 11.9 Å². The highest BCUT2D eigenvalue weighted by Gasteiger charge is 2.15. The molecule has 3 rings (SSSR count). The highest BCUT2D eigenvalue weighted by Crippen LogP contribution is 2.26. The highest BCUT2D eigenvalue weighted by molar-refractivity contribution is 6.42. The number of anilines is 1. The first kappa shape index (κ1) is 24.0. The molecular formula is C23H19Cl2N3O5. The van der Waals surface area contributed by atoms with Crippen LogP contribution in [-0.4, -0.2) is 30.6 Å². The van der Waals surface area contributed by atoms with E-state index in [-0.39, 0.29) is 13.2 Å². The van der Waals surface area contributed by atoms with Crippen molar-refractivity contribution in [2.24, 2.45) is 4.99 Å². The summed E-state index contributed by atoms with van der Waals surface area (Å²) in [6, 6.07) is 14.3. The van der Waals surface area contributed by atoms with E-state index in [0.717, 1.165) is 0 Å². The number of aliphatic imine (C=N–C) groups is 1. The molecule has 1 heterocycles. The van der Waals surface area contributed by atoms with Gasteiger partial charge in [-0.2, -0.15) is 0 Å². The second kappa shape index (κ2) is 11.3. The van der Waals surface area contributed by atoms with Crippen LogP contribution in [0.25, 0.3) is 0 Å². The maximum atomic E-state index is 12.1. The van der Waals surface area contributed by atoms with Gasteiger partial charge in [0, 0.05) is 5.69 Å². The minimum atomic E-state index is -0.855. The van der Waals surface area contributed by atoms with Crippen LogP contribution >= 0.6 is 23.2 Å². The van der Waals surface area contributed by atoms with Crippen LogP contribution < -0.4 is 10.6 Å². The predicted molar refractivity (Wildman–Crippen MR) is 125 cm³/mol. The SMILES string of the molecule is CCOC(=O)c1ccc(NC(=O)C(=O)NCc2ccc(C=Nc3ccc(Cl)c(Cl)c3)o2)cc1. The van der Waals surface area contributed by atoms with E-state index in [9.17, 15) is 14.4 Å². The lowest BCUT2D eigenvalue weighted by Crippen LogP contribution is -2.34. The Kier molecular flexibility index (Phi) is 8.23. The zero-order chi connectivity index (χ0) is 23.8. The number of furan rings is 1. The Morgan fingerprint density at radius 2 is 1.76 bits per heavy atom. The molecule has 0 aliphatic heterocycles. The molecule has 3 aromatic rings. The molecule has 2 amide bonds. The lowest BCUT2D eigenvalue weighted by Gasteiger charge is -2.06. The minimum Gasteiger partial charge on any atom is -0.462 e. The summed E-state index contributed by atoms with van der Waals surface area (Å²) in [5.74, 6) is -1.27. The Morgan fingerprint density at radius 1 is 1.00 bits per heavy atom. The Labute approximate surface area is 199 Å². The van der Waals surface area contributed by atoms with E-state index in [0.29, 0.717) is 38.5 Å². The number of ether oxygens (including phenoxy) is 1. The number of nitrogens with one attached hydrogen (secondary N) is 2. The van der Waals surface area contributed by atoms with Crippen LogP contribution in [0, 0.1) is 0 Å². The smallest absolute Gasteiger partial charge is 0.338 e. The first-order chi connectivity index (χ1) is 15.9. The van der Waals surface area contributed by atoms with Gasteiger partial charge in [0.15, 0.2) is 0 Å². The number of hydrogen-bond donors (Lipinski definition) is 2. The number of carbonyl (C=O) groups is 3. The van der Waals surface area contributed by atoms with Crippen LogP contribution in [0.3, 0.4) is 0 Å². The Hall–Kier alpha value is -3.62. The van der Waals surface area contributed by atoms with Gasteiger partial charge in [0.2, 0.25) is 0 Å². The summed E-state index contributed by atoms with van der Waals surface area (Å²) in [7, 11) is 0. The number of halogens is 2. The number of rotatable bonds is 7. The van der Waals surface area contributed by atoms with E-state index >= 15 is 0 Å². The van der Waals surface area contributed by atoms with Gasteiger partial charge >= 0.3 is 17.8 Å². The van der Waals surface area contributed by atoms with E-state index in [1.54, 1.807) is 37.3 Å². The van der Waals surface area contributed by atoms with Crippen molar-refractivity contribution in [3.05, 3.63) is 81.7 Å². The van der Waals surface area contributed by atoms with Gasteiger partial charge < -0.3 is 19.8 Å². The maximum Gasteiger partial charge on any atom is 0.338 e. The second-order valence-corrected chi connectivity index (χ2v) is 7.41. The number of carbonyl (C=O) groups excluding carboxylic acids is 3. The molecule has 0 bridgehead atoms. The Bertz CT molecular complexity index is 1190. The van der Waals surface area contributed by atoms with Gasteiger partial charge in [0.05, 0.1) is 40.7 Å². The molecule has 0 aliphatic carbocycles. The molecule has 2 N–H and O–H groups in total. The third kappa shape index (κ3) is 6.93. The summed E-state index contributed by atoms with van der Waals surface area (Å²) < 4.78 is 10.5. The molecule has 0 unspecified atom stereocenters. The summed E-state index contributed by atoms with van der Waals surface area (Å²) in [6.07, 6.45) is 1.50. The van der Waals surface area contributed by atoms with E-state index in [2.05, 4.69) is 15.6 Å². The molecule has 2 aromatic carbocycles. The number of hydrogen-bond acceptors (Lipinski definition) is 6. The van der Waals surface area contributed by atoms with Gasteiger partial charge in [-0.3, -0.25) is 14.6 Å². The summed E-state index contributed by atoms with van der Waals surface area (Å²) in [6.45, 7) is 1.98. The van der Waals surface area contributed by atoms with Crippen molar-refractivity contribution in [3.8, 4) is 0 Å². The van der Waals surface area contributed by atoms with Crippen LogP contribution in [0.5, 0.6) is 0 Å². The molecule has 0 spiro atoms. The van der Waals surface area contributed by atoms with E-state index in [1.807, 2.05) is 0 Å². The van der Waals surface area contributed by atoms with Gasteiger partial charge in [-0.05, 0) is 61.5 Å². The lowest BCUT2D eigenvalue weighted by molar-refractivity contribution is -0.136. The summed E-state index contributed by atoms with van der Waals surface area (Å²) in [5, 5.41) is 5.75. The molecule has 8 nitrogen and oxygen atoms in total. The molecule has 0 atom stereocenters. The first-order valence-electron chi connectivity index (χ1n) is 9.80. The van der Waals surface area contributed by atoms with Crippen molar-refractivity contribution in [3.63, 3.8) is 0 Å². The van der Waals surface area contributed by atoms with E-state index in [1.165, 1.54) is 30.5 Å². The van der Waals surface area contributed by atoms with Crippen molar-refractivity contribution in [2.45, 2.75) is 13.5 Å². The second-order valence-electron chi connectivity index (χ2n) is 6.60. The van der Waals surface area contributed by atoms with Gasteiger partial charge in [0.1, 0.15) is 11.5 Å². The Morgan fingerprint density at radius 3 is 2.45 bits per heavy atom. The number of amides is 2. The predicted octanol–water partition coefficient (Wildman–Crippen LogP) is 4.77. The molecule has 0 saturated carbocycles. The fraction of sp³-hybridized carbons (Fsp3) is 0.130. The molecule has 0 aliphatic rings. The number of nitrogens with zero attached hydrogens (tertiary/aromatic N) is 1. The minimum absolute atomic E-state index is 0.00859. The monoisotopic (exact) mass is 487 g/mol. The largest absolute Gasteiger partial charge is 0.462 e. The van der Waals surface area contributed by atoms with E-state index in [4.69, 9.17) is 32.4 Å². The Balaban J connectivity index is 1.49. The van der Waals surface area contributed by atoms with E-state index < -0.39 is 17.8 Å². The van der Waals surface area contributed by atoms with Crippen LogP contribution in [0.15, 0.2) is 64.0 Å². The van der Waals surface area contributed by atoms with Crippen molar-refractivity contribution in [1.82, 2.24) is 5.32 Å². The van der Waals surface area contributed by atoms with Crippen molar-refractivity contribution in [1.29, 1.82) is 0 Å². The summed E-state index contributed by atoms with van der Waals surface area (Å²) in [4.78, 5) is 40.0. The lowest BCUT2D eigenvalue weighted by atomic mass is 10.2. The topological polar surface area (TPSA) is 110 Å². The molecular weight excluding hydrogens is 469 g/mol. The standard InChI is InChI=1S/C23H19Cl2N3O5/c1-2-32-23(31)14-3-5-15(6-4-14)28-22(30)21(29)27-13-18-9-8-17(33-18)12-26-16-7-10-19(24)20(25)11-16/h3-12H,2,13H2,1H3,(H,27,29)(H,28,30). The van der Waals surface area contributed by atoms with Crippen LogP contribution in [0.2, 0.25) is 10.0 Å². The summed E-state index contributed by atoms with van der Waals surface area (Å²) >= 11 is 11.8. The van der Waals surface area contributed by atoms with Crippen LogP contribution in [0.1, 0.15) is 28.8 Å². The zero-order valence-corrected chi connectivity index (χ0v) is 18.9. The van der Waals surface area contributed by atoms with Gasteiger partial charge in [-0.25, -0.2) is 4.79 Å². The molecule has 170 valence electrons. The summed E-state index contributed by atoms with van der Waals surface area (Å²) in [5.41, 5.74) is 1.31. The van der Waals surface area contributed by atoms with Crippen molar-refractivity contribution >= 4 is 58.6 Å². The molecule has 1 aromatic heterocycles. The normalized spacial score (nSPS) is 10.8. The molecule has 0 radical (unpaired) electrons. The quantitative estimate of drug-likeness (QED) is 0.283. The fourth-order valence-corrected chi connectivity index (χ4v) is 2.89. The number of esters is 1. The third-order valence-electron chi connectivity index (χ3n) is 4.21. The number of benzene rings is 2. The van der Waals surface area contributed by atoms with Gasteiger partial charge in [-0.15, -0.1) is 0 Å². The first-order valence-corrected chi connectivity index (χ1v) is 10.6. The van der Waals surface area contributed by atoms with Crippen molar-refractivity contribution < 1.29 is 23.5 Å². The highest BCUT2D eigenvalue weighted by atomic mass is 35.5. The maximum absolute atomic E-state index is 12.1. The van der Waals surface area contributed by atoms with Crippen LogP contribution in [0.4, 0.5) is 11.4 Å². The fourth-order valence-electron chi connectivity index (χ4n) is 2.60. The molecule has 10 heteroatoms.